The molecule has 6 heteroatoms. The average Bonchev–Trinajstić information content (AvgIpc) is 2.59. The van der Waals surface area contributed by atoms with Crippen LogP contribution in [0.5, 0.6) is 11.5 Å². The van der Waals surface area contributed by atoms with Crippen LogP contribution in [0.4, 0.5) is 0 Å². The third-order valence-corrected chi connectivity index (χ3v) is 3.15. The molecule has 0 unspecified atom stereocenters. The van der Waals surface area contributed by atoms with Crippen LogP contribution in [0.1, 0.15) is 18.9 Å². The number of nitrogens with zero attached hydrogens (tertiary/aromatic N) is 1. The Bertz CT molecular complexity index is 591. The lowest BCUT2D eigenvalue weighted by atomic mass is 10.1. The average molecular weight is 317 g/mol. The summed E-state index contributed by atoms with van der Waals surface area (Å²) >= 11 is 0. The van der Waals surface area contributed by atoms with Crippen LogP contribution in [0, 0.1) is 11.3 Å². The Morgan fingerprint density at radius 2 is 2.00 bits per heavy atom. The fraction of sp³-hybridized carbons (Fsp3) is 0.412. The number of ether oxygens (including phenoxy) is 2. The van der Waals surface area contributed by atoms with Crippen LogP contribution in [0.25, 0.3) is 0 Å². The van der Waals surface area contributed by atoms with Crippen molar-refractivity contribution in [2.24, 2.45) is 0 Å². The van der Waals surface area contributed by atoms with Gasteiger partial charge < -0.3 is 20.1 Å². The highest BCUT2D eigenvalue weighted by atomic mass is 16.5. The molecule has 6 nitrogen and oxygen atoms in total. The summed E-state index contributed by atoms with van der Waals surface area (Å²) in [6.07, 6.45) is 3.01. The van der Waals surface area contributed by atoms with Gasteiger partial charge in [0, 0.05) is 19.3 Å². The van der Waals surface area contributed by atoms with Crippen molar-refractivity contribution in [3.8, 4) is 17.6 Å². The van der Waals surface area contributed by atoms with Crippen LogP contribution < -0.4 is 20.1 Å². The van der Waals surface area contributed by atoms with E-state index in [-0.39, 0.29) is 11.5 Å². The Morgan fingerprint density at radius 3 is 2.61 bits per heavy atom. The van der Waals surface area contributed by atoms with Gasteiger partial charge in [-0.3, -0.25) is 4.79 Å². The Hall–Kier alpha value is -2.68. The zero-order valence-electron chi connectivity index (χ0n) is 13.8. The number of benzene rings is 1. The molecule has 1 aromatic carbocycles. The van der Waals surface area contributed by atoms with Gasteiger partial charge in [-0.05, 0) is 30.5 Å². The van der Waals surface area contributed by atoms with Crippen LogP contribution in [0.15, 0.2) is 30.0 Å². The highest BCUT2D eigenvalue weighted by molar-refractivity contribution is 5.97. The molecule has 0 radical (unpaired) electrons. The van der Waals surface area contributed by atoms with Crippen molar-refractivity contribution in [2.45, 2.75) is 19.8 Å². The summed E-state index contributed by atoms with van der Waals surface area (Å²) in [5.41, 5.74) is 1.14. The quantitative estimate of drug-likeness (QED) is 0.412. The molecule has 2 N–H and O–H groups in total. The van der Waals surface area contributed by atoms with Crippen LogP contribution >= 0.6 is 0 Å². The first kappa shape index (κ1) is 18.4. The maximum absolute atomic E-state index is 11.7. The van der Waals surface area contributed by atoms with Gasteiger partial charge in [0.15, 0.2) is 11.5 Å². The highest BCUT2D eigenvalue weighted by Crippen LogP contribution is 2.27. The molecule has 0 fully saturated rings. The molecule has 0 bridgehead atoms. The van der Waals surface area contributed by atoms with Crippen molar-refractivity contribution in [1.29, 1.82) is 5.26 Å². The number of nitriles is 1. The summed E-state index contributed by atoms with van der Waals surface area (Å²) in [5, 5.41) is 14.6. The smallest absolute Gasteiger partial charge is 0.263 e. The lowest BCUT2D eigenvalue weighted by Gasteiger charge is -2.09. The van der Waals surface area contributed by atoms with Gasteiger partial charge in [0.1, 0.15) is 11.6 Å². The summed E-state index contributed by atoms with van der Waals surface area (Å²) < 4.78 is 10.4. The second-order valence-corrected chi connectivity index (χ2v) is 4.82. The molecule has 1 rings (SSSR count). The zero-order chi connectivity index (χ0) is 17.1. The summed E-state index contributed by atoms with van der Waals surface area (Å²) in [6.45, 7) is 3.11. The minimum atomic E-state index is -0.354. The second-order valence-electron chi connectivity index (χ2n) is 4.82. The first-order chi connectivity index (χ1) is 11.2. The first-order valence-corrected chi connectivity index (χ1v) is 7.49. The van der Waals surface area contributed by atoms with E-state index >= 15 is 0 Å². The van der Waals surface area contributed by atoms with Crippen molar-refractivity contribution >= 4 is 5.91 Å². The highest BCUT2D eigenvalue weighted by Gasteiger charge is 2.07. The number of carbonyl (C=O) groups excluding carboxylic acids is 1. The van der Waals surface area contributed by atoms with E-state index in [1.807, 2.05) is 31.2 Å². The van der Waals surface area contributed by atoms with Crippen molar-refractivity contribution in [1.82, 2.24) is 10.6 Å². The van der Waals surface area contributed by atoms with E-state index in [2.05, 4.69) is 10.6 Å². The third-order valence-electron chi connectivity index (χ3n) is 3.15. The maximum atomic E-state index is 11.7. The Kier molecular flexibility index (Phi) is 8.08. The second kappa shape index (κ2) is 10.1. The summed E-state index contributed by atoms with van der Waals surface area (Å²) in [4.78, 5) is 11.7. The minimum absolute atomic E-state index is 0.0748. The SMILES string of the molecule is CCCNC(=O)/C(C#N)=C\NCCc1ccc(OC)c(OC)c1. The number of amides is 1. The fourth-order valence-electron chi connectivity index (χ4n) is 1.91. The predicted octanol–water partition coefficient (Wildman–Crippen LogP) is 1.77. The summed E-state index contributed by atoms with van der Waals surface area (Å²) in [5.74, 6) is 1.01. The van der Waals surface area contributed by atoms with Gasteiger partial charge in [0.2, 0.25) is 0 Å². The number of nitrogens with one attached hydrogen (secondary N) is 2. The number of hydrogen-bond donors (Lipinski definition) is 2. The molecular formula is C17H23N3O3. The Morgan fingerprint density at radius 1 is 1.26 bits per heavy atom. The van der Waals surface area contributed by atoms with E-state index in [0.717, 1.165) is 18.4 Å². The van der Waals surface area contributed by atoms with E-state index in [4.69, 9.17) is 14.7 Å². The molecule has 0 saturated carbocycles. The van der Waals surface area contributed by atoms with Crippen molar-refractivity contribution in [3.05, 3.63) is 35.5 Å². The lowest BCUT2D eigenvalue weighted by molar-refractivity contribution is -0.117. The Labute approximate surface area is 137 Å². The third kappa shape index (κ3) is 5.91. The molecule has 0 aliphatic heterocycles. The number of carbonyl (C=O) groups is 1. The fourth-order valence-corrected chi connectivity index (χ4v) is 1.91. The van der Waals surface area contributed by atoms with Gasteiger partial charge in [-0.2, -0.15) is 5.26 Å². The van der Waals surface area contributed by atoms with Gasteiger partial charge in [-0.15, -0.1) is 0 Å². The van der Waals surface area contributed by atoms with Gasteiger partial charge in [-0.1, -0.05) is 13.0 Å². The van der Waals surface area contributed by atoms with Crippen LogP contribution in [0.3, 0.4) is 0 Å². The van der Waals surface area contributed by atoms with E-state index in [9.17, 15) is 4.79 Å². The minimum Gasteiger partial charge on any atom is -0.493 e. The van der Waals surface area contributed by atoms with Gasteiger partial charge >= 0.3 is 0 Å². The molecular weight excluding hydrogens is 294 g/mol. The molecule has 0 aliphatic carbocycles. The van der Waals surface area contributed by atoms with Crippen molar-refractivity contribution < 1.29 is 14.3 Å². The normalized spacial score (nSPS) is 10.6. The Balaban J connectivity index is 2.54. The van der Waals surface area contributed by atoms with E-state index in [1.165, 1.54) is 6.20 Å². The van der Waals surface area contributed by atoms with E-state index < -0.39 is 0 Å². The zero-order valence-corrected chi connectivity index (χ0v) is 13.8. The lowest BCUT2D eigenvalue weighted by Crippen LogP contribution is -2.26. The van der Waals surface area contributed by atoms with Crippen LogP contribution in [0.2, 0.25) is 0 Å². The first-order valence-electron chi connectivity index (χ1n) is 7.49. The van der Waals surface area contributed by atoms with Gasteiger partial charge in [0.05, 0.1) is 14.2 Å². The molecule has 0 heterocycles. The molecule has 0 saturated heterocycles. The molecule has 1 aromatic rings. The molecule has 0 atom stereocenters. The monoisotopic (exact) mass is 317 g/mol. The number of methoxy groups -OCH3 is 2. The molecule has 23 heavy (non-hydrogen) atoms. The van der Waals surface area contributed by atoms with Crippen LogP contribution in [-0.2, 0) is 11.2 Å². The van der Waals surface area contributed by atoms with Gasteiger partial charge in [0.25, 0.3) is 5.91 Å². The van der Waals surface area contributed by atoms with Crippen molar-refractivity contribution in [3.63, 3.8) is 0 Å². The molecule has 124 valence electrons. The molecule has 1 amide bonds. The number of rotatable bonds is 9. The molecule has 0 spiro atoms. The van der Waals surface area contributed by atoms with E-state index in [1.54, 1.807) is 14.2 Å². The molecule has 0 aliphatic rings. The van der Waals surface area contributed by atoms with Gasteiger partial charge in [-0.25, -0.2) is 0 Å². The largest absolute Gasteiger partial charge is 0.493 e. The molecule has 0 aromatic heterocycles. The maximum Gasteiger partial charge on any atom is 0.263 e. The summed E-state index contributed by atoms with van der Waals surface area (Å²) in [7, 11) is 3.19. The van der Waals surface area contributed by atoms with E-state index in [0.29, 0.717) is 24.6 Å². The van der Waals surface area contributed by atoms with Crippen LogP contribution in [-0.4, -0.2) is 33.2 Å². The summed E-state index contributed by atoms with van der Waals surface area (Å²) in [6, 6.07) is 7.60. The standard InChI is InChI=1S/C17H23N3O3/c1-4-8-20-17(21)14(11-18)12-19-9-7-13-5-6-15(22-2)16(10-13)23-3/h5-6,10,12,19H,4,7-9H2,1-3H3,(H,20,21)/b14-12-. The topological polar surface area (TPSA) is 83.4 Å². The van der Waals surface area contributed by atoms with Crippen molar-refractivity contribution in [2.75, 3.05) is 27.3 Å². The predicted molar refractivity (Wildman–Crippen MR) is 88.2 cm³/mol. The number of hydrogen-bond acceptors (Lipinski definition) is 5.